The highest BCUT2D eigenvalue weighted by Crippen LogP contribution is 2.25. The van der Waals surface area contributed by atoms with Gasteiger partial charge in [0.1, 0.15) is 6.10 Å². The van der Waals surface area contributed by atoms with Crippen LogP contribution in [0.1, 0.15) is 30.9 Å². The van der Waals surface area contributed by atoms with E-state index in [1.807, 2.05) is 19.1 Å². The van der Waals surface area contributed by atoms with Crippen LogP contribution in [0.15, 0.2) is 18.2 Å². The number of carbonyl (C=O) groups is 1. The van der Waals surface area contributed by atoms with E-state index in [0.717, 1.165) is 38.0 Å². The van der Waals surface area contributed by atoms with E-state index < -0.39 is 0 Å². The minimum absolute atomic E-state index is 0.0108. The van der Waals surface area contributed by atoms with Crippen molar-refractivity contribution < 1.29 is 9.53 Å². The molecule has 4 nitrogen and oxygen atoms in total. The number of amides is 1. The molecule has 3 rings (SSSR count). The van der Waals surface area contributed by atoms with Crippen LogP contribution >= 0.6 is 0 Å². The van der Waals surface area contributed by atoms with Gasteiger partial charge in [-0.25, -0.2) is 0 Å². The number of anilines is 1. The van der Waals surface area contributed by atoms with Gasteiger partial charge < -0.3 is 15.4 Å². The molecular weight excluding hydrogens is 240 g/mol. The van der Waals surface area contributed by atoms with Gasteiger partial charge in [-0.15, -0.1) is 0 Å². The summed E-state index contributed by atoms with van der Waals surface area (Å²) in [4.78, 5) is 12.2. The maximum absolute atomic E-state index is 12.2. The molecule has 1 aromatic carbocycles. The standard InChI is InChI=1S/C15H20N2O2/c1-10-5-6-14(19-10)15(18)17-13-4-2-3-11-7-8-16-9-12(11)13/h2-4,10,14,16H,5-9H2,1H3,(H,17,18). The van der Waals surface area contributed by atoms with Crippen LogP contribution in [-0.4, -0.2) is 24.7 Å². The maximum Gasteiger partial charge on any atom is 0.253 e. The zero-order valence-electron chi connectivity index (χ0n) is 11.2. The lowest BCUT2D eigenvalue weighted by Crippen LogP contribution is -2.30. The molecule has 0 spiro atoms. The molecule has 0 radical (unpaired) electrons. The summed E-state index contributed by atoms with van der Waals surface area (Å²) in [6.07, 6.45) is 2.72. The highest BCUT2D eigenvalue weighted by molar-refractivity contribution is 5.95. The number of ether oxygens (including phenoxy) is 1. The van der Waals surface area contributed by atoms with Gasteiger partial charge in [-0.2, -0.15) is 0 Å². The van der Waals surface area contributed by atoms with Crippen molar-refractivity contribution in [3.05, 3.63) is 29.3 Å². The van der Waals surface area contributed by atoms with Crippen LogP contribution in [-0.2, 0) is 22.5 Å². The summed E-state index contributed by atoms with van der Waals surface area (Å²) in [6, 6.07) is 6.12. The number of fused-ring (bicyclic) bond motifs is 1. The van der Waals surface area contributed by atoms with Crippen LogP contribution in [0, 0.1) is 0 Å². The number of rotatable bonds is 2. The largest absolute Gasteiger partial charge is 0.365 e. The van der Waals surface area contributed by atoms with E-state index in [1.54, 1.807) is 0 Å². The van der Waals surface area contributed by atoms with Gasteiger partial charge >= 0.3 is 0 Å². The molecule has 4 heteroatoms. The molecule has 2 unspecified atom stereocenters. The molecule has 1 fully saturated rings. The molecule has 19 heavy (non-hydrogen) atoms. The summed E-state index contributed by atoms with van der Waals surface area (Å²) in [5, 5.41) is 6.38. The van der Waals surface area contributed by atoms with Gasteiger partial charge in [-0.05, 0) is 49.9 Å². The van der Waals surface area contributed by atoms with E-state index in [1.165, 1.54) is 11.1 Å². The molecule has 2 aliphatic heterocycles. The number of carbonyl (C=O) groups excluding carboxylic acids is 1. The van der Waals surface area contributed by atoms with Crippen LogP contribution in [0.4, 0.5) is 5.69 Å². The monoisotopic (exact) mass is 260 g/mol. The fourth-order valence-electron chi connectivity index (χ4n) is 2.84. The van der Waals surface area contributed by atoms with Crippen LogP contribution in [0.25, 0.3) is 0 Å². The van der Waals surface area contributed by atoms with Gasteiger partial charge in [-0.3, -0.25) is 4.79 Å². The van der Waals surface area contributed by atoms with Crippen molar-refractivity contribution in [2.45, 2.75) is 44.9 Å². The second kappa shape index (κ2) is 5.31. The zero-order chi connectivity index (χ0) is 13.2. The average molecular weight is 260 g/mol. The number of hydrogen-bond donors (Lipinski definition) is 2. The first-order valence-electron chi connectivity index (χ1n) is 7.02. The predicted octanol–water partition coefficient (Wildman–Crippen LogP) is 1.84. The Bertz CT molecular complexity index is 487. The zero-order valence-corrected chi connectivity index (χ0v) is 11.2. The molecule has 2 heterocycles. The second-order valence-electron chi connectivity index (χ2n) is 5.37. The summed E-state index contributed by atoms with van der Waals surface area (Å²) in [7, 11) is 0. The van der Waals surface area contributed by atoms with Crippen molar-refractivity contribution in [1.82, 2.24) is 5.32 Å². The van der Waals surface area contributed by atoms with Crippen molar-refractivity contribution in [1.29, 1.82) is 0 Å². The van der Waals surface area contributed by atoms with Crippen molar-refractivity contribution in [3.63, 3.8) is 0 Å². The smallest absolute Gasteiger partial charge is 0.253 e. The average Bonchev–Trinajstić information content (AvgIpc) is 2.86. The summed E-state index contributed by atoms with van der Waals surface area (Å²) < 4.78 is 5.61. The Labute approximate surface area is 113 Å². The molecule has 2 aliphatic rings. The normalized spacial score (nSPS) is 25.9. The Morgan fingerprint density at radius 1 is 1.42 bits per heavy atom. The maximum atomic E-state index is 12.2. The lowest BCUT2D eigenvalue weighted by atomic mass is 9.99. The van der Waals surface area contributed by atoms with Gasteiger partial charge in [0.2, 0.25) is 0 Å². The first-order chi connectivity index (χ1) is 9.24. The third-order valence-corrected chi connectivity index (χ3v) is 3.93. The van der Waals surface area contributed by atoms with Gasteiger partial charge in [0.05, 0.1) is 6.10 Å². The van der Waals surface area contributed by atoms with Gasteiger partial charge in [-0.1, -0.05) is 12.1 Å². The molecule has 1 amide bonds. The highest BCUT2D eigenvalue weighted by atomic mass is 16.5. The third-order valence-electron chi connectivity index (χ3n) is 3.93. The molecule has 0 bridgehead atoms. The van der Waals surface area contributed by atoms with E-state index >= 15 is 0 Å². The lowest BCUT2D eigenvalue weighted by Gasteiger charge is -2.21. The minimum Gasteiger partial charge on any atom is -0.365 e. The second-order valence-corrected chi connectivity index (χ2v) is 5.37. The van der Waals surface area contributed by atoms with Gasteiger partial charge in [0, 0.05) is 12.2 Å². The Morgan fingerprint density at radius 3 is 3.11 bits per heavy atom. The fraction of sp³-hybridized carbons (Fsp3) is 0.533. The van der Waals surface area contributed by atoms with E-state index in [0.29, 0.717) is 0 Å². The molecule has 2 atom stereocenters. The highest BCUT2D eigenvalue weighted by Gasteiger charge is 2.28. The Morgan fingerprint density at radius 2 is 2.32 bits per heavy atom. The number of benzene rings is 1. The van der Waals surface area contributed by atoms with E-state index in [9.17, 15) is 4.79 Å². The molecule has 2 N–H and O–H groups in total. The van der Waals surface area contributed by atoms with Crippen LogP contribution in [0.5, 0.6) is 0 Å². The fourth-order valence-corrected chi connectivity index (χ4v) is 2.84. The summed E-state index contributed by atoms with van der Waals surface area (Å²) >= 11 is 0. The molecular formula is C15H20N2O2. The Hall–Kier alpha value is -1.39. The molecule has 1 saturated heterocycles. The topological polar surface area (TPSA) is 50.4 Å². The SMILES string of the molecule is CC1CCC(C(=O)Nc2cccc3c2CNCC3)O1. The molecule has 0 aromatic heterocycles. The summed E-state index contributed by atoms with van der Waals surface area (Å²) in [5.74, 6) is -0.0108. The minimum atomic E-state index is -0.289. The molecule has 1 aromatic rings. The molecule has 102 valence electrons. The first-order valence-corrected chi connectivity index (χ1v) is 7.02. The predicted molar refractivity (Wildman–Crippen MR) is 74.1 cm³/mol. The van der Waals surface area contributed by atoms with Gasteiger partial charge in [0.15, 0.2) is 0 Å². The van der Waals surface area contributed by atoms with E-state index in [-0.39, 0.29) is 18.1 Å². The Kier molecular flexibility index (Phi) is 3.53. The van der Waals surface area contributed by atoms with Gasteiger partial charge in [0.25, 0.3) is 5.91 Å². The quantitative estimate of drug-likeness (QED) is 0.853. The Balaban J connectivity index is 1.74. The van der Waals surface area contributed by atoms with E-state index in [4.69, 9.17) is 4.74 Å². The van der Waals surface area contributed by atoms with Crippen LogP contribution < -0.4 is 10.6 Å². The molecule has 0 saturated carbocycles. The number of hydrogen-bond acceptors (Lipinski definition) is 3. The lowest BCUT2D eigenvalue weighted by molar-refractivity contribution is -0.126. The first kappa shape index (κ1) is 12.6. The molecule has 0 aliphatic carbocycles. The van der Waals surface area contributed by atoms with Crippen molar-refractivity contribution in [2.75, 3.05) is 11.9 Å². The number of nitrogens with one attached hydrogen (secondary N) is 2. The van der Waals surface area contributed by atoms with Crippen LogP contribution in [0.2, 0.25) is 0 Å². The van der Waals surface area contributed by atoms with Crippen molar-refractivity contribution in [2.24, 2.45) is 0 Å². The third kappa shape index (κ3) is 2.65. The van der Waals surface area contributed by atoms with E-state index in [2.05, 4.69) is 16.7 Å². The van der Waals surface area contributed by atoms with Crippen LogP contribution in [0.3, 0.4) is 0 Å². The summed E-state index contributed by atoms with van der Waals surface area (Å²) in [6.45, 7) is 3.85. The summed E-state index contributed by atoms with van der Waals surface area (Å²) in [5.41, 5.74) is 3.48. The van der Waals surface area contributed by atoms with Crippen molar-refractivity contribution in [3.8, 4) is 0 Å². The van der Waals surface area contributed by atoms with Crippen molar-refractivity contribution >= 4 is 11.6 Å².